The van der Waals surface area contributed by atoms with Gasteiger partial charge >= 0.3 is 0 Å². The van der Waals surface area contributed by atoms with Gasteiger partial charge in [0.25, 0.3) is 0 Å². The molecular formula is C21H27FN2O3S. The molecule has 5 nitrogen and oxygen atoms in total. The fourth-order valence-corrected chi connectivity index (χ4v) is 4.73. The molecule has 1 atom stereocenters. The standard InChI is InChI=1S/C21H27FN2O3S/c1-17-15-19(22)9-10-21(17)28(25,26)23-11-5-6-12-24-13-14-27-20(16-24)18-7-3-2-4-8-18/h2-4,7-10,15,20,23H,5-6,11-14,16H2,1H3/t20-/m0/s1. The van der Waals surface area contributed by atoms with E-state index in [-0.39, 0.29) is 11.0 Å². The highest BCUT2D eigenvalue weighted by Gasteiger charge is 2.21. The maximum absolute atomic E-state index is 13.2. The summed E-state index contributed by atoms with van der Waals surface area (Å²) in [5.74, 6) is -0.434. The van der Waals surface area contributed by atoms with Crippen LogP contribution in [0.3, 0.4) is 0 Å². The Kier molecular flexibility index (Phi) is 7.18. The van der Waals surface area contributed by atoms with Gasteiger partial charge in [-0.3, -0.25) is 4.90 Å². The predicted molar refractivity (Wildman–Crippen MR) is 107 cm³/mol. The van der Waals surface area contributed by atoms with Gasteiger partial charge in [-0.1, -0.05) is 30.3 Å². The largest absolute Gasteiger partial charge is 0.371 e. The number of morpholine rings is 1. The van der Waals surface area contributed by atoms with Crippen molar-refractivity contribution in [2.45, 2.75) is 30.8 Å². The Labute approximate surface area is 166 Å². The van der Waals surface area contributed by atoms with Crippen molar-refractivity contribution in [3.63, 3.8) is 0 Å². The zero-order valence-corrected chi connectivity index (χ0v) is 16.9. The number of sulfonamides is 1. The summed E-state index contributed by atoms with van der Waals surface area (Å²) in [6.07, 6.45) is 1.73. The summed E-state index contributed by atoms with van der Waals surface area (Å²) < 4.78 is 46.4. The van der Waals surface area contributed by atoms with Gasteiger partial charge in [0.1, 0.15) is 5.82 Å². The average molecular weight is 407 g/mol. The van der Waals surface area contributed by atoms with E-state index in [0.29, 0.717) is 18.7 Å². The minimum Gasteiger partial charge on any atom is -0.371 e. The highest BCUT2D eigenvalue weighted by Crippen LogP contribution is 2.22. The summed E-state index contributed by atoms with van der Waals surface area (Å²) >= 11 is 0. The van der Waals surface area contributed by atoms with E-state index >= 15 is 0 Å². The second-order valence-electron chi connectivity index (χ2n) is 7.09. The lowest BCUT2D eigenvalue weighted by molar-refractivity contribution is -0.0303. The number of halogens is 1. The number of nitrogens with one attached hydrogen (secondary N) is 1. The van der Waals surface area contributed by atoms with Crippen LogP contribution >= 0.6 is 0 Å². The van der Waals surface area contributed by atoms with Crippen LogP contribution in [-0.2, 0) is 14.8 Å². The van der Waals surface area contributed by atoms with E-state index in [2.05, 4.69) is 21.8 Å². The first-order chi connectivity index (χ1) is 13.5. The number of hydrogen-bond donors (Lipinski definition) is 1. The highest BCUT2D eigenvalue weighted by molar-refractivity contribution is 7.89. The molecule has 152 valence electrons. The second kappa shape index (κ2) is 9.60. The van der Waals surface area contributed by atoms with Crippen LogP contribution in [0, 0.1) is 12.7 Å². The SMILES string of the molecule is Cc1cc(F)ccc1S(=O)(=O)NCCCCN1CCO[C@H](c2ccccc2)C1. The van der Waals surface area contributed by atoms with Crippen molar-refractivity contribution in [3.05, 3.63) is 65.5 Å². The van der Waals surface area contributed by atoms with Gasteiger partial charge in [-0.05, 0) is 55.6 Å². The second-order valence-corrected chi connectivity index (χ2v) is 8.82. The van der Waals surface area contributed by atoms with Crippen LogP contribution < -0.4 is 4.72 Å². The summed E-state index contributed by atoms with van der Waals surface area (Å²) in [5.41, 5.74) is 1.60. The normalized spacial score (nSPS) is 18.3. The maximum Gasteiger partial charge on any atom is 0.240 e. The Hall–Kier alpha value is -1.80. The number of unbranched alkanes of at least 4 members (excludes halogenated alkanes) is 1. The number of benzene rings is 2. The highest BCUT2D eigenvalue weighted by atomic mass is 32.2. The molecule has 1 heterocycles. The lowest BCUT2D eigenvalue weighted by Crippen LogP contribution is -2.39. The molecule has 1 fully saturated rings. The van der Waals surface area contributed by atoms with Gasteiger partial charge in [0.2, 0.25) is 10.0 Å². The lowest BCUT2D eigenvalue weighted by atomic mass is 10.1. The Balaban J connectivity index is 1.42. The van der Waals surface area contributed by atoms with Crippen molar-refractivity contribution in [1.29, 1.82) is 0 Å². The summed E-state index contributed by atoms with van der Waals surface area (Å²) in [5, 5.41) is 0. The molecule has 0 unspecified atom stereocenters. The van der Waals surface area contributed by atoms with Crippen molar-refractivity contribution in [3.8, 4) is 0 Å². The minimum absolute atomic E-state index is 0.0925. The number of hydrogen-bond acceptors (Lipinski definition) is 4. The summed E-state index contributed by atoms with van der Waals surface area (Å²) in [6.45, 7) is 5.32. The average Bonchev–Trinajstić information content (AvgIpc) is 2.68. The molecule has 0 bridgehead atoms. The molecule has 1 N–H and O–H groups in total. The van der Waals surface area contributed by atoms with E-state index in [4.69, 9.17) is 4.74 Å². The van der Waals surface area contributed by atoms with Gasteiger partial charge in [-0.15, -0.1) is 0 Å². The van der Waals surface area contributed by atoms with E-state index in [9.17, 15) is 12.8 Å². The van der Waals surface area contributed by atoms with E-state index in [1.807, 2.05) is 18.2 Å². The first-order valence-corrected chi connectivity index (χ1v) is 11.1. The summed E-state index contributed by atoms with van der Waals surface area (Å²) in [4.78, 5) is 2.49. The van der Waals surface area contributed by atoms with E-state index in [1.165, 1.54) is 23.8 Å². The molecule has 3 rings (SSSR count). The van der Waals surface area contributed by atoms with Crippen LogP contribution in [0.4, 0.5) is 4.39 Å². The van der Waals surface area contributed by atoms with Gasteiger partial charge in [0.05, 0.1) is 17.6 Å². The third kappa shape index (κ3) is 5.61. The molecule has 28 heavy (non-hydrogen) atoms. The molecule has 0 radical (unpaired) electrons. The van der Waals surface area contributed by atoms with Crippen molar-refractivity contribution < 1.29 is 17.5 Å². The molecule has 1 saturated heterocycles. The third-order valence-corrected chi connectivity index (χ3v) is 6.56. The first kappa shape index (κ1) is 20.9. The van der Waals surface area contributed by atoms with Crippen LogP contribution in [0.25, 0.3) is 0 Å². The Morgan fingerprint density at radius 2 is 1.96 bits per heavy atom. The maximum atomic E-state index is 13.2. The molecule has 0 spiro atoms. The lowest BCUT2D eigenvalue weighted by Gasteiger charge is -2.33. The topological polar surface area (TPSA) is 58.6 Å². The van der Waals surface area contributed by atoms with Gasteiger partial charge in [-0.2, -0.15) is 0 Å². The molecule has 2 aromatic rings. The predicted octanol–water partition coefficient (Wildman–Crippen LogP) is 3.27. The molecule has 2 aromatic carbocycles. The quantitative estimate of drug-likeness (QED) is 0.684. The van der Waals surface area contributed by atoms with Crippen molar-refractivity contribution in [1.82, 2.24) is 9.62 Å². The monoisotopic (exact) mass is 406 g/mol. The van der Waals surface area contributed by atoms with E-state index in [1.54, 1.807) is 6.92 Å². The zero-order chi connectivity index (χ0) is 20.0. The van der Waals surface area contributed by atoms with Gasteiger partial charge in [0, 0.05) is 19.6 Å². The number of rotatable bonds is 8. The first-order valence-electron chi connectivity index (χ1n) is 9.60. The summed E-state index contributed by atoms with van der Waals surface area (Å²) in [6, 6.07) is 13.9. The Bertz CT molecular complexity index is 874. The Morgan fingerprint density at radius 1 is 1.18 bits per heavy atom. The molecule has 7 heteroatoms. The molecule has 1 aliphatic heterocycles. The fraction of sp³-hybridized carbons (Fsp3) is 0.429. The van der Waals surface area contributed by atoms with Crippen molar-refractivity contribution >= 4 is 10.0 Å². The van der Waals surface area contributed by atoms with E-state index < -0.39 is 15.8 Å². The molecule has 1 aliphatic rings. The zero-order valence-electron chi connectivity index (χ0n) is 16.1. The summed E-state index contributed by atoms with van der Waals surface area (Å²) in [7, 11) is -3.61. The van der Waals surface area contributed by atoms with Crippen molar-refractivity contribution in [2.75, 3.05) is 32.8 Å². The minimum atomic E-state index is -3.61. The Morgan fingerprint density at radius 3 is 2.71 bits per heavy atom. The molecule has 0 saturated carbocycles. The fourth-order valence-electron chi connectivity index (χ4n) is 3.43. The van der Waals surface area contributed by atoms with E-state index in [0.717, 1.165) is 32.5 Å². The van der Waals surface area contributed by atoms with Crippen molar-refractivity contribution in [2.24, 2.45) is 0 Å². The number of aryl methyl sites for hydroxylation is 1. The number of ether oxygens (including phenoxy) is 1. The molecule has 0 aromatic heterocycles. The molecular weight excluding hydrogens is 379 g/mol. The molecule has 0 aliphatic carbocycles. The van der Waals surface area contributed by atoms with Crippen LogP contribution in [0.2, 0.25) is 0 Å². The van der Waals surface area contributed by atoms with Crippen LogP contribution in [0.15, 0.2) is 53.4 Å². The third-order valence-electron chi connectivity index (χ3n) is 4.94. The molecule has 0 amide bonds. The van der Waals surface area contributed by atoms with Gasteiger partial charge in [-0.25, -0.2) is 17.5 Å². The van der Waals surface area contributed by atoms with Crippen LogP contribution in [0.5, 0.6) is 0 Å². The van der Waals surface area contributed by atoms with Gasteiger partial charge < -0.3 is 4.74 Å². The van der Waals surface area contributed by atoms with Crippen LogP contribution in [-0.4, -0.2) is 46.1 Å². The smallest absolute Gasteiger partial charge is 0.240 e. The van der Waals surface area contributed by atoms with Crippen LogP contribution in [0.1, 0.15) is 30.1 Å². The number of nitrogens with zero attached hydrogens (tertiary/aromatic N) is 1. The van der Waals surface area contributed by atoms with Gasteiger partial charge in [0.15, 0.2) is 0 Å².